The van der Waals surface area contributed by atoms with E-state index >= 15 is 0 Å². The van der Waals surface area contributed by atoms with Crippen molar-refractivity contribution in [1.29, 1.82) is 0 Å². The molecule has 0 atom stereocenters. The molecule has 0 aromatic heterocycles. The Hall–Kier alpha value is -1.06. The molecule has 4 N–H and O–H groups in total. The lowest BCUT2D eigenvalue weighted by Crippen LogP contribution is -2.35. The van der Waals surface area contributed by atoms with Crippen LogP contribution in [0, 0.1) is 0 Å². The summed E-state index contributed by atoms with van der Waals surface area (Å²) in [5.74, 6) is 5.75. The van der Waals surface area contributed by atoms with E-state index in [2.05, 4.69) is 19.1 Å². The fourth-order valence-electron chi connectivity index (χ4n) is 1.19. The van der Waals surface area contributed by atoms with Gasteiger partial charge in [-0.3, -0.25) is 0 Å². The summed E-state index contributed by atoms with van der Waals surface area (Å²) >= 11 is 0. The molecule has 72 valence electrons. The molecule has 0 fully saturated rings. The molecular weight excluding hydrogens is 162 g/mol. The van der Waals surface area contributed by atoms with Gasteiger partial charge in [0.25, 0.3) is 0 Å². The summed E-state index contributed by atoms with van der Waals surface area (Å²) in [6.07, 6.45) is 1.06. The summed E-state index contributed by atoms with van der Waals surface area (Å²) in [4.78, 5) is 0. The molecule has 0 amide bonds. The van der Waals surface area contributed by atoms with E-state index in [9.17, 15) is 0 Å². The van der Waals surface area contributed by atoms with E-state index < -0.39 is 0 Å². The van der Waals surface area contributed by atoms with Crippen LogP contribution in [-0.4, -0.2) is 13.1 Å². The van der Waals surface area contributed by atoms with Crippen LogP contribution in [0.5, 0.6) is 0 Å². The Morgan fingerprint density at radius 2 is 1.85 bits per heavy atom. The Balaban J connectivity index is 2.67. The number of aryl methyl sites for hydroxylation is 1. The second kappa shape index (κ2) is 4.84. The summed E-state index contributed by atoms with van der Waals surface area (Å²) in [5, 5.41) is 1.67. The second-order valence-corrected chi connectivity index (χ2v) is 3.00. The lowest BCUT2D eigenvalue weighted by Gasteiger charge is -2.17. The number of hydrogen-bond donors (Lipinski definition) is 2. The summed E-state index contributed by atoms with van der Waals surface area (Å²) < 4.78 is 0. The molecule has 0 aliphatic rings. The van der Waals surface area contributed by atoms with Crippen molar-refractivity contribution in [2.45, 2.75) is 13.3 Å². The predicted octanol–water partition coefficient (Wildman–Crippen LogP) is 0.888. The lowest BCUT2D eigenvalue weighted by molar-refractivity contribution is 0.832. The van der Waals surface area contributed by atoms with Gasteiger partial charge in [0, 0.05) is 13.1 Å². The van der Waals surface area contributed by atoms with E-state index in [1.54, 1.807) is 5.01 Å². The number of hydrazine groups is 1. The van der Waals surface area contributed by atoms with Gasteiger partial charge in [-0.05, 0) is 24.1 Å². The van der Waals surface area contributed by atoms with Crippen molar-refractivity contribution in [1.82, 2.24) is 0 Å². The van der Waals surface area contributed by atoms with Gasteiger partial charge in [-0.25, -0.2) is 5.84 Å². The minimum Gasteiger partial charge on any atom is -0.329 e. The standard InChI is InChI=1S/C10H17N3/c1-2-9-3-5-10(6-4-9)13(12)8-7-11/h3-6H,2,7-8,11-12H2,1H3. The Morgan fingerprint density at radius 1 is 1.23 bits per heavy atom. The summed E-state index contributed by atoms with van der Waals surface area (Å²) in [5.41, 5.74) is 7.74. The first-order valence-corrected chi connectivity index (χ1v) is 4.59. The third-order valence-electron chi connectivity index (χ3n) is 2.05. The summed E-state index contributed by atoms with van der Waals surface area (Å²) in [6, 6.07) is 8.22. The maximum absolute atomic E-state index is 5.75. The van der Waals surface area contributed by atoms with Crippen LogP contribution < -0.4 is 16.6 Å². The molecule has 3 nitrogen and oxygen atoms in total. The van der Waals surface area contributed by atoms with Crippen LogP contribution in [0.2, 0.25) is 0 Å². The molecule has 0 spiro atoms. The summed E-state index contributed by atoms with van der Waals surface area (Å²) in [7, 11) is 0. The highest BCUT2D eigenvalue weighted by Gasteiger charge is 1.98. The average Bonchev–Trinajstić information content (AvgIpc) is 2.18. The largest absolute Gasteiger partial charge is 0.329 e. The SMILES string of the molecule is CCc1ccc(N(N)CCN)cc1. The maximum Gasteiger partial charge on any atom is 0.0517 e. The maximum atomic E-state index is 5.75. The Kier molecular flexibility index (Phi) is 3.73. The van der Waals surface area contributed by atoms with Gasteiger partial charge in [0.05, 0.1) is 5.69 Å². The van der Waals surface area contributed by atoms with Gasteiger partial charge in [-0.1, -0.05) is 19.1 Å². The quantitative estimate of drug-likeness (QED) is 0.533. The van der Waals surface area contributed by atoms with Crippen LogP contribution >= 0.6 is 0 Å². The van der Waals surface area contributed by atoms with Crippen LogP contribution in [0.25, 0.3) is 0 Å². The van der Waals surface area contributed by atoms with Crippen molar-refractivity contribution in [2.24, 2.45) is 11.6 Å². The highest BCUT2D eigenvalue weighted by Crippen LogP contribution is 2.12. The van der Waals surface area contributed by atoms with Gasteiger partial charge in [-0.15, -0.1) is 0 Å². The topological polar surface area (TPSA) is 55.3 Å². The van der Waals surface area contributed by atoms with E-state index in [1.807, 2.05) is 12.1 Å². The van der Waals surface area contributed by atoms with Crippen molar-refractivity contribution in [3.63, 3.8) is 0 Å². The molecule has 0 heterocycles. The minimum atomic E-state index is 0.575. The molecule has 0 aliphatic heterocycles. The lowest BCUT2D eigenvalue weighted by atomic mass is 10.1. The van der Waals surface area contributed by atoms with Gasteiger partial charge in [0.15, 0.2) is 0 Å². The molecule has 0 unspecified atom stereocenters. The molecule has 1 aromatic rings. The molecule has 0 saturated heterocycles. The monoisotopic (exact) mass is 179 g/mol. The Labute approximate surface area is 79.3 Å². The van der Waals surface area contributed by atoms with Crippen LogP contribution in [-0.2, 0) is 6.42 Å². The van der Waals surface area contributed by atoms with Crippen LogP contribution in [0.15, 0.2) is 24.3 Å². The molecule has 1 aromatic carbocycles. The van der Waals surface area contributed by atoms with Crippen molar-refractivity contribution >= 4 is 5.69 Å². The zero-order valence-corrected chi connectivity index (χ0v) is 8.03. The Morgan fingerprint density at radius 3 is 2.31 bits per heavy atom. The van der Waals surface area contributed by atoms with Gasteiger partial charge in [0.1, 0.15) is 0 Å². The van der Waals surface area contributed by atoms with Crippen LogP contribution in [0.1, 0.15) is 12.5 Å². The van der Waals surface area contributed by atoms with Gasteiger partial charge < -0.3 is 10.7 Å². The zero-order valence-electron chi connectivity index (χ0n) is 8.03. The fourth-order valence-corrected chi connectivity index (χ4v) is 1.19. The fraction of sp³-hybridized carbons (Fsp3) is 0.400. The highest BCUT2D eigenvalue weighted by atomic mass is 15.4. The molecule has 0 aliphatic carbocycles. The number of hydrogen-bond acceptors (Lipinski definition) is 3. The zero-order chi connectivity index (χ0) is 9.68. The smallest absolute Gasteiger partial charge is 0.0517 e. The summed E-state index contributed by atoms with van der Waals surface area (Å²) in [6.45, 7) is 3.40. The first kappa shape index (κ1) is 10.0. The second-order valence-electron chi connectivity index (χ2n) is 3.00. The van der Waals surface area contributed by atoms with Crippen molar-refractivity contribution in [3.8, 4) is 0 Å². The highest BCUT2D eigenvalue weighted by molar-refractivity contribution is 5.46. The number of benzene rings is 1. The van der Waals surface area contributed by atoms with E-state index in [-0.39, 0.29) is 0 Å². The first-order valence-electron chi connectivity index (χ1n) is 4.59. The van der Waals surface area contributed by atoms with E-state index in [0.29, 0.717) is 13.1 Å². The predicted molar refractivity (Wildman–Crippen MR) is 56.4 cm³/mol. The number of nitrogens with zero attached hydrogens (tertiary/aromatic N) is 1. The molecular formula is C10H17N3. The number of nitrogens with two attached hydrogens (primary N) is 2. The van der Waals surface area contributed by atoms with Crippen molar-refractivity contribution in [3.05, 3.63) is 29.8 Å². The van der Waals surface area contributed by atoms with Crippen molar-refractivity contribution < 1.29 is 0 Å². The normalized spacial score (nSPS) is 10.1. The third-order valence-corrected chi connectivity index (χ3v) is 2.05. The van der Waals surface area contributed by atoms with E-state index in [1.165, 1.54) is 5.56 Å². The number of anilines is 1. The molecule has 1 rings (SSSR count). The third kappa shape index (κ3) is 2.72. The molecule has 13 heavy (non-hydrogen) atoms. The van der Waals surface area contributed by atoms with Gasteiger partial charge in [0.2, 0.25) is 0 Å². The molecule has 3 heteroatoms. The van der Waals surface area contributed by atoms with E-state index in [4.69, 9.17) is 11.6 Å². The van der Waals surface area contributed by atoms with Crippen molar-refractivity contribution in [2.75, 3.05) is 18.1 Å². The number of rotatable bonds is 4. The molecule has 0 saturated carbocycles. The molecule has 0 radical (unpaired) electrons. The van der Waals surface area contributed by atoms with Gasteiger partial charge in [-0.2, -0.15) is 0 Å². The first-order chi connectivity index (χ1) is 6.27. The van der Waals surface area contributed by atoms with Gasteiger partial charge >= 0.3 is 0 Å². The minimum absolute atomic E-state index is 0.575. The van der Waals surface area contributed by atoms with E-state index in [0.717, 1.165) is 12.1 Å². The Bertz CT molecular complexity index is 243. The van der Waals surface area contributed by atoms with Crippen LogP contribution in [0.4, 0.5) is 5.69 Å². The molecule has 0 bridgehead atoms. The average molecular weight is 179 g/mol. The van der Waals surface area contributed by atoms with Crippen LogP contribution in [0.3, 0.4) is 0 Å².